The van der Waals surface area contributed by atoms with Crippen LogP contribution in [0.15, 0.2) is 18.2 Å². The Hall–Kier alpha value is -1.31. The Kier molecular flexibility index (Phi) is 3.51. The molecule has 2 heteroatoms. The van der Waals surface area contributed by atoms with Crippen LogP contribution in [0.2, 0.25) is 0 Å². The van der Waals surface area contributed by atoms with Gasteiger partial charge in [-0.25, -0.2) is 0 Å². The van der Waals surface area contributed by atoms with Crippen molar-refractivity contribution in [2.45, 2.75) is 52.6 Å². The molecule has 0 radical (unpaired) electrons. The monoisotopic (exact) mass is 231 g/mol. The molecule has 1 aromatic carbocycles. The average molecular weight is 231 g/mol. The third-order valence-electron chi connectivity index (χ3n) is 3.44. The zero-order valence-electron chi connectivity index (χ0n) is 11.0. The molecule has 0 N–H and O–H groups in total. The lowest BCUT2D eigenvalue weighted by molar-refractivity contribution is 0.0730. The fourth-order valence-electron chi connectivity index (χ4n) is 2.35. The molecule has 1 heterocycles. The van der Waals surface area contributed by atoms with Crippen LogP contribution >= 0.6 is 0 Å². The summed E-state index contributed by atoms with van der Waals surface area (Å²) in [5.74, 6) is 0.192. The van der Waals surface area contributed by atoms with Crippen molar-refractivity contribution < 1.29 is 4.79 Å². The molecule has 0 saturated carbocycles. The maximum absolute atomic E-state index is 12.1. The van der Waals surface area contributed by atoms with Crippen molar-refractivity contribution in [3.63, 3.8) is 0 Å². The van der Waals surface area contributed by atoms with Crippen LogP contribution in [0.1, 0.15) is 55.1 Å². The van der Waals surface area contributed by atoms with Crippen molar-refractivity contribution in [1.82, 2.24) is 4.90 Å². The number of hydrogen-bond acceptors (Lipinski definition) is 1. The molecule has 1 amide bonds. The fourth-order valence-corrected chi connectivity index (χ4v) is 2.35. The highest BCUT2D eigenvalue weighted by Crippen LogP contribution is 2.25. The summed E-state index contributed by atoms with van der Waals surface area (Å²) < 4.78 is 0. The quantitative estimate of drug-likeness (QED) is 0.777. The molecule has 0 atom stereocenters. The number of amides is 1. The van der Waals surface area contributed by atoms with Crippen LogP contribution in [0, 0.1) is 0 Å². The molecule has 0 bridgehead atoms. The molecule has 1 aliphatic rings. The molecule has 2 rings (SSSR count). The minimum Gasteiger partial charge on any atom is -0.332 e. The second-order valence-electron chi connectivity index (χ2n) is 5.12. The summed E-state index contributed by atoms with van der Waals surface area (Å²) in [4.78, 5) is 14.0. The molecule has 0 spiro atoms. The normalized spacial score (nSPS) is 14.6. The first-order valence-corrected chi connectivity index (χ1v) is 6.56. The van der Waals surface area contributed by atoms with Gasteiger partial charge in [0.2, 0.25) is 0 Å². The maximum Gasteiger partial charge on any atom is 0.254 e. The van der Waals surface area contributed by atoms with E-state index in [1.54, 1.807) is 0 Å². The number of rotatable bonds is 4. The van der Waals surface area contributed by atoms with Gasteiger partial charge in [-0.15, -0.1) is 0 Å². The average Bonchev–Trinajstić information content (AvgIpc) is 2.64. The van der Waals surface area contributed by atoms with Gasteiger partial charge in [-0.1, -0.05) is 25.5 Å². The van der Waals surface area contributed by atoms with Crippen LogP contribution in [0.25, 0.3) is 0 Å². The van der Waals surface area contributed by atoms with Gasteiger partial charge in [0.05, 0.1) is 0 Å². The van der Waals surface area contributed by atoms with Crippen molar-refractivity contribution in [2.24, 2.45) is 0 Å². The van der Waals surface area contributed by atoms with Crippen molar-refractivity contribution in [3.8, 4) is 0 Å². The summed E-state index contributed by atoms with van der Waals surface area (Å²) in [6.07, 6.45) is 3.56. The minimum absolute atomic E-state index is 0.192. The standard InChI is InChI=1S/C15H21NO/c1-4-5-6-12-7-8-14-13(9-12)10-16(11(2)3)15(14)17/h7-9,11H,4-6,10H2,1-3H3. The lowest BCUT2D eigenvalue weighted by atomic mass is 10.0. The number of carbonyl (C=O) groups is 1. The third-order valence-corrected chi connectivity index (χ3v) is 3.44. The van der Waals surface area contributed by atoms with Gasteiger partial charge in [0, 0.05) is 18.2 Å². The van der Waals surface area contributed by atoms with E-state index in [0.717, 1.165) is 18.5 Å². The number of benzene rings is 1. The molecule has 0 unspecified atom stereocenters. The van der Waals surface area contributed by atoms with Crippen LogP contribution in [0.3, 0.4) is 0 Å². The summed E-state index contributed by atoms with van der Waals surface area (Å²) in [5, 5.41) is 0. The molecule has 17 heavy (non-hydrogen) atoms. The Morgan fingerprint density at radius 1 is 1.35 bits per heavy atom. The van der Waals surface area contributed by atoms with Crippen LogP contribution in [0.4, 0.5) is 0 Å². The lowest BCUT2D eigenvalue weighted by Gasteiger charge is -2.19. The molecular formula is C15H21NO. The maximum atomic E-state index is 12.1. The van der Waals surface area contributed by atoms with E-state index < -0.39 is 0 Å². The third kappa shape index (κ3) is 2.36. The molecule has 2 nitrogen and oxygen atoms in total. The van der Waals surface area contributed by atoms with Crippen molar-refractivity contribution in [1.29, 1.82) is 0 Å². The Morgan fingerprint density at radius 3 is 2.76 bits per heavy atom. The Bertz CT molecular complexity index is 423. The topological polar surface area (TPSA) is 20.3 Å². The van der Waals surface area contributed by atoms with Gasteiger partial charge in [0.25, 0.3) is 5.91 Å². The number of hydrogen-bond donors (Lipinski definition) is 0. The molecular weight excluding hydrogens is 210 g/mol. The van der Waals surface area contributed by atoms with Crippen LogP contribution in [0.5, 0.6) is 0 Å². The summed E-state index contributed by atoms with van der Waals surface area (Å²) in [6, 6.07) is 6.61. The molecule has 0 aliphatic carbocycles. The highest BCUT2D eigenvalue weighted by Gasteiger charge is 2.28. The van der Waals surface area contributed by atoms with E-state index in [1.807, 2.05) is 11.0 Å². The number of fused-ring (bicyclic) bond motifs is 1. The second kappa shape index (κ2) is 4.91. The summed E-state index contributed by atoms with van der Waals surface area (Å²) in [6.45, 7) is 7.13. The Morgan fingerprint density at radius 2 is 2.12 bits per heavy atom. The summed E-state index contributed by atoms with van der Waals surface area (Å²) >= 11 is 0. The van der Waals surface area contributed by atoms with E-state index in [4.69, 9.17) is 0 Å². The van der Waals surface area contributed by atoms with Crippen molar-refractivity contribution in [2.75, 3.05) is 0 Å². The van der Waals surface area contributed by atoms with Crippen molar-refractivity contribution in [3.05, 3.63) is 34.9 Å². The van der Waals surface area contributed by atoms with E-state index in [9.17, 15) is 4.79 Å². The minimum atomic E-state index is 0.192. The fraction of sp³-hybridized carbons (Fsp3) is 0.533. The summed E-state index contributed by atoms with van der Waals surface area (Å²) in [7, 11) is 0. The molecule has 0 saturated heterocycles. The van der Waals surface area contributed by atoms with Crippen LogP contribution < -0.4 is 0 Å². The Labute approximate surface area is 104 Å². The first-order valence-electron chi connectivity index (χ1n) is 6.56. The van der Waals surface area contributed by atoms with Gasteiger partial charge in [-0.2, -0.15) is 0 Å². The van der Waals surface area contributed by atoms with E-state index in [-0.39, 0.29) is 11.9 Å². The predicted molar refractivity (Wildman–Crippen MR) is 70.1 cm³/mol. The second-order valence-corrected chi connectivity index (χ2v) is 5.12. The first-order chi connectivity index (χ1) is 8.13. The highest BCUT2D eigenvalue weighted by molar-refractivity contribution is 5.98. The van der Waals surface area contributed by atoms with Gasteiger partial charge >= 0.3 is 0 Å². The molecule has 1 aromatic rings. The Balaban J connectivity index is 2.20. The van der Waals surface area contributed by atoms with Crippen molar-refractivity contribution >= 4 is 5.91 Å². The molecule has 0 aromatic heterocycles. The van der Waals surface area contributed by atoms with Gasteiger partial charge in [-0.3, -0.25) is 4.79 Å². The smallest absolute Gasteiger partial charge is 0.254 e. The van der Waals surface area contributed by atoms with E-state index in [1.165, 1.54) is 24.0 Å². The molecule has 92 valence electrons. The first kappa shape index (κ1) is 12.2. The van der Waals surface area contributed by atoms with E-state index in [2.05, 4.69) is 32.9 Å². The SMILES string of the molecule is CCCCc1ccc2c(c1)CN(C(C)C)C2=O. The lowest BCUT2D eigenvalue weighted by Crippen LogP contribution is -2.30. The van der Waals surface area contributed by atoms with E-state index >= 15 is 0 Å². The zero-order valence-corrected chi connectivity index (χ0v) is 11.0. The van der Waals surface area contributed by atoms with E-state index in [0.29, 0.717) is 0 Å². The largest absolute Gasteiger partial charge is 0.332 e. The van der Waals surface area contributed by atoms with Crippen LogP contribution in [-0.2, 0) is 13.0 Å². The predicted octanol–water partition coefficient (Wildman–Crippen LogP) is 3.39. The number of carbonyl (C=O) groups excluding carboxylic acids is 1. The molecule has 1 aliphatic heterocycles. The number of nitrogens with zero attached hydrogens (tertiary/aromatic N) is 1. The number of unbranched alkanes of at least 4 members (excludes halogenated alkanes) is 1. The van der Waals surface area contributed by atoms with Gasteiger partial charge in [0.15, 0.2) is 0 Å². The molecule has 0 fully saturated rings. The highest BCUT2D eigenvalue weighted by atomic mass is 16.2. The van der Waals surface area contributed by atoms with Gasteiger partial charge in [-0.05, 0) is 43.9 Å². The van der Waals surface area contributed by atoms with Crippen LogP contribution in [-0.4, -0.2) is 16.8 Å². The van der Waals surface area contributed by atoms with Gasteiger partial charge < -0.3 is 4.90 Å². The number of aryl methyl sites for hydroxylation is 1. The summed E-state index contributed by atoms with van der Waals surface area (Å²) in [5.41, 5.74) is 3.47. The van der Waals surface area contributed by atoms with Gasteiger partial charge in [0.1, 0.15) is 0 Å². The zero-order chi connectivity index (χ0) is 12.4.